The summed E-state index contributed by atoms with van der Waals surface area (Å²) >= 11 is 5.85. The van der Waals surface area contributed by atoms with Crippen molar-refractivity contribution in [2.45, 2.75) is 38.0 Å². The summed E-state index contributed by atoms with van der Waals surface area (Å²) < 4.78 is 5.34. The summed E-state index contributed by atoms with van der Waals surface area (Å²) in [5.41, 5.74) is 1.10. The van der Waals surface area contributed by atoms with Gasteiger partial charge in [-0.25, -0.2) is 0 Å². The molecule has 0 spiro atoms. The Labute approximate surface area is 122 Å². The molecule has 0 N–H and O–H groups in total. The third kappa shape index (κ3) is 3.07. The molecule has 104 valence electrons. The van der Waals surface area contributed by atoms with Crippen molar-refractivity contribution in [3.63, 3.8) is 0 Å². The molecule has 2 aromatic rings. The van der Waals surface area contributed by atoms with Gasteiger partial charge in [-0.3, -0.25) is 4.79 Å². The second-order valence-electron chi connectivity index (χ2n) is 5.17. The molecule has 1 saturated carbocycles. The Hall–Kier alpha value is -1.68. The van der Waals surface area contributed by atoms with Gasteiger partial charge in [0.05, 0.1) is 0 Å². The number of aromatic nitrogens is 2. The first-order valence-electron chi connectivity index (χ1n) is 6.79. The lowest BCUT2D eigenvalue weighted by Crippen LogP contribution is -2.12. The molecule has 1 aromatic carbocycles. The minimum Gasteiger partial charge on any atom is -0.339 e. The van der Waals surface area contributed by atoms with Crippen LogP contribution in [0.15, 0.2) is 28.8 Å². The molecular formula is C15H15ClN2O2. The topological polar surface area (TPSA) is 56.0 Å². The van der Waals surface area contributed by atoms with Crippen molar-refractivity contribution in [3.05, 3.63) is 46.6 Å². The summed E-state index contributed by atoms with van der Waals surface area (Å²) in [7, 11) is 0. The fourth-order valence-corrected chi connectivity index (χ4v) is 2.60. The van der Waals surface area contributed by atoms with Crippen LogP contribution < -0.4 is 0 Å². The molecule has 0 aliphatic heterocycles. The van der Waals surface area contributed by atoms with Gasteiger partial charge >= 0.3 is 0 Å². The molecule has 20 heavy (non-hydrogen) atoms. The van der Waals surface area contributed by atoms with Crippen LogP contribution in [0, 0.1) is 0 Å². The molecule has 4 nitrogen and oxygen atoms in total. The molecule has 1 aliphatic carbocycles. The van der Waals surface area contributed by atoms with Crippen LogP contribution in [-0.2, 0) is 11.2 Å². The minimum absolute atomic E-state index is 0.235. The average Bonchev–Trinajstić information content (AvgIpc) is 2.91. The molecular weight excluding hydrogens is 276 g/mol. The zero-order valence-electron chi connectivity index (χ0n) is 11.0. The molecule has 5 heteroatoms. The van der Waals surface area contributed by atoms with E-state index in [1.807, 2.05) is 24.3 Å². The third-order valence-corrected chi connectivity index (χ3v) is 3.90. The second-order valence-corrected chi connectivity index (χ2v) is 5.60. The molecule has 0 radical (unpaired) electrons. The van der Waals surface area contributed by atoms with E-state index in [-0.39, 0.29) is 5.92 Å². The predicted molar refractivity (Wildman–Crippen MR) is 74.8 cm³/mol. The highest BCUT2D eigenvalue weighted by molar-refractivity contribution is 6.30. The summed E-state index contributed by atoms with van der Waals surface area (Å²) in [6, 6.07) is 7.62. The van der Waals surface area contributed by atoms with Crippen molar-refractivity contribution < 1.29 is 9.32 Å². The lowest BCUT2D eigenvalue weighted by molar-refractivity contribution is -0.120. The first kappa shape index (κ1) is 13.3. The largest absolute Gasteiger partial charge is 0.339 e. The molecule has 1 fully saturated rings. The van der Waals surface area contributed by atoms with Gasteiger partial charge in [-0.2, -0.15) is 4.98 Å². The lowest BCUT2D eigenvalue weighted by atomic mass is 9.88. The smallest absolute Gasteiger partial charge is 0.229 e. The van der Waals surface area contributed by atoms with E-state index < -0.39 is 0 Å². The maximum absolute atomic E-state index is 11.2. The van der Waals surface area contributed by atoms with Gasteiger partial charge in [0.15, 0.2) is 5.82 Å². The molecule has 0 amide bonds. The number of rotatable bonds is 3. The molecule has 1 aliphatic rings. The van der Waals surface area contributed by atoms with E-state index >= 15 is 0 Å². The summed E-state index contributed by atoms with van der Waals surface area (Å²) in [6.07, 6.45) is 3.52. The number of carbonyl (C=O) groups is 1. The first-order valence-corrected chi connectivity index (χ1v) is 7.17. The van der Waals surface area contributed by atoms with E-state index in [9.17, 15) is 4.79 Å². The van der Waals surface area contributed by atoms with Gasteiger partial charge in [0.25, 0.3) is 0 Å². The SMILES string of the molecule is O=C1CCC(c2nc(Cc3ccc(Cl)cc3)no2)CC1. The van der Waals surface area contributed by atoms with Crippen LogP contribution in [0.4, 0.5) is 0 Å². The van der Waals surface area contributed by atoms with Crippen molar-refractivity contribution in [2.75, 3.05) is 0 Å². The van der Waals surface area contributed by atoms with Crippen molar-refractivity contribution in [1.29, 1.82) is 0 Å². The van der Waals surface area contributed by atoms with E-state index in [1.165, 1.54) is 0 Å². The van der Waals surface area contributed by atoms with Crippen molar-refractivity contribution in [2.24, 2.45) is 0 Å². The summed E-state index contributed by atoms with van der Waals surface area (Å²) in [5, 5.41) is 4.74. The molecule has 3 rings (SSSR count). The van der Waals surface area contributed by atoms with Gasteiger partial charge in [-0.05, 0) is 30.5 Å². The van der Waals surface area contributed by atoms with Gasteiger partial charge < -0.3 is 4.52 Å². The Kier molecular flexibility index (Phi) is 3.83. The fraction of sp³-hybridized carbons (Fsp3) is 0.400. The zero-order valence-corrected chi connectivity index (χ0v) is 11.8. The van der Waals surface area contributed by atoms with Crippen LogP contribution in [0.1, 0.15) is 48.9 Å². The van der Waals surface area contributed by atoms with Gasteiger partial charge in [-0.1, -0.05) is 28.9 Å². The van der Waals surface area contributed by atoms with Crippen molar-refractivity contribution in [1.82, 2.24) is 10.1 Å². The molecule has 0 bridgehead atoms. The van der Waals surface area contributed by atoms with E-state index in [0.29, 0.717) is 36.8 Å². The molecule has 1 heterocycles. The van der Waals surface area contributed by atoms with Crippen LogP contribution in [-0.4, -0.2) is 15.9 Å². The number of Topliss-reactive ketones (excluding diaryl/α,β-unsaturated/α-hetero) is 1. The number of benzene rings is 1. The lowest BCUT2D eigenvalue weighted by Gasteiger charge is -2.16. The van der Waals surface area contributed by atoms with Gasteiger partial charge in [0, 0.05) is 30.2 Å². The standard InChI is InChI=1S/C15H15ClN2O2/c16-12-5-1-10(2-6-12)9-14-17-15(20-18-14)11-3-7-13(19)8-4-11/h1-2,5-6,11H,3-4,7-9H2. The Bertz CT molecular complexity index is 597. The monoisotopic (exact) mass is 290 g/mol. The van der Waals surface area contributed by atoms with E-state index in [0.717, 1.165) is 23.4 Å². The van der Waals surface area contributed by atoms with Gasteiger partial charge in [-0.15, -0.1) is 0 Å². The predicted octanol–water partition coefficient (Wildman–Crippen LogP) is 3.54. The number of hydrogen-bond donors (Lipinski definition) is 0. The third-order valence-electron chi connectivity index (χ3n) is 3.65. The Morgan fingerprint density at radius 2 is 1.90 bits per heavy atom. The fourth-order valence-electron chi connectivity index (χ4n) is 2.48. The van der Waals surface area contributed by atoms with E-state index in [2.05, 4.69) is 10.1 Å². The van der Waals surface area contributed by atoms with Crippen molar-refractivity contribution in [3.8, 4) is 0 Å². The highest BCUT2D eigenvalue weighted by Gasteiger charge is 2.24. The van der Waals surface area contributed by atoms with Crippen LogP contribution in [0.25, 0.3) is 0 Å². The molecule has 0 unspecified atom stereocenters. The maximum atomic E-state index is 11.2. The van der Waals surface area contributed by atoms with Gasteiger partial charge in [0.2, 0.25) is 5.89 Å². The van der Waals surface area contributed by atoms with Gasteiger partial charge in [0.1, 0.15) is 5.78 Å². The zero-order chi connectivity index (χ0) is 13.9. The normalized spacial score (nSPS) is 16.6. The van der Waals surface area contributed by atoms with Crippen LogP contribution >= 0.6 is 11.6 Å². The first-order chi connectivity index (χ1) is 9.70. The number of hydrogen-bond acceptors (Lipinski definition) is 4. The Balaban J connectivity index is 1.67. The summed E-state index contributed by atoms with van der Waals surface area (Å²) in [4.78, 5) is 15.7. The Morgan fingerprint density at radius 1 is 1.20 bits per heavy atom. The Morgan fingerprint density at radius 3 is 2.60 bits per heavy atom. The quantitative estimate of drug-likeness (QED) is 0.867. The average molecular weight is 291 g/mol. The summed E-state index contributed by atoms with van der Waals surface area (Å²) in [6.45, 7) is 0. The molecule has 1 aromatic heterocycles. The highest BCUT2D eigenvalue weighted by atomic mass is 35.5. The number of ketones is 1. The number of carbonyl (C=O) groups excluding carboxylic acids is 1. The molecule has 0 atom stereocenters. The summed E-state index contributed by atoms with van der Waals surface area (Å²) in [5.74, 6) is 1.92. The van der Waals surface area contributed by atoms with E-state index in [4.69, 9.17) is 16.1 Å². The van der Waals surface area contributed by atoms with Crippen LogP contribution in [0.2, 0.25) is 5.02 Å². The minimum atomic E-state index is 0.235. The van der Waals surface area contributed by atoms with Crippen LogP contribution in [0.5, 0.6) is 0 Å². The molecule has 0 saturated heterocycles. The van der Waals surface area contributed by atoms with Crippen molar-refractivity contribution >= 4 is 17.4 Å². The number of nitrogens with zero attached hydrogens (tertiary/aromatic N) is 2. The second kappa shape index (κ2) is 5.75. The van der Waals surface area contributed by atoms with Crippen LogP contribution in [0.3, 0.4) is 0 Å². The van der Waals surface area contributed by atoms with E-state index in [1.54, 1.807) is 0 Å². The number of halogens is 1. The highest BCUT2D eigenvalue weighted by Crippen LogP contribution is 2.30. The maximum Gasteiger partial charge on any atom is 0.229 e.